The summed E-state index contributed by atoms with van der Waals surface area (Å²) in [5.74, 6) is 0. The van der Waals surface area contributed by atoms with Crippen molar-refractivity contribution in [2.75, 3.05) is 12.3 Å². The van der Waals surface area contributed by atoms with Gasteiger partial charge in [-0.3, -0.25) is 0 Å². The molecule has 0 spiro atoms. The molecule has 0 unspecified atom stereocenters. The molecule has 2 rings (SSSR count). The average Bonchev–Trinajstić information content (AvgIpc) is 2.89. The Kier molecular flexibility index (Phi) is 4.23. The fourth-order valence-electron chi connectivity index (χ4n) is 1.67. The van der Waals surface area contributed by atoms with E-state index in [1.165, 1.54) is 17.8 Å². The van der Waals surface area contributed by atoms with Crippen LogP contribution in [0.2, 0.25) is 0 Å². The molecule has 2 aromatic rings. The number of nitrogens with zero attached hydrogens (tertiary/aromatic N) is 3. The molecule has 1 aromatic carbocycles. The number of benzene rings is 1. The summed E-state index contributed by atoms with van der Waals surface area (Å²) in [6.07, 6.45) is 4.74. The molecule has 96 valence electrons. The molecule has 0 radical (unpaired) electrons. The van der Waals surface area contributed by atoms with E-state index in [1.807, 2.05) is 16.8 Å². The van der Waals surface area contributed by atoms with Gasteiger partial charge in [-0.15, -0.1) is 7.14 Å². The Morgan fingerprint density at radius 1 is 1.22 bits per heavy atom. The summed E-state index contributed by atoms with van der Waals surface area (Å²) in [5, 5.41) is 8.74. The second kappa shape index (κ2) is 5.54. The molecule has 0 aliphatic carbocycles. The molecule has 0 aliphatic rings. The van der Waals surface area contributed by atoms with E-state index in [0.717, 1.165) is 10.2 Å². The third kappa shape index (κ3) is 2.67. The minimum atomic E-state index is -0.846. The second-order valence-electron chi connectivity index (χ2n) is 3.67. The van der Waals surface area contributed by atoms with E-state index < -0.39 is 7.14 Å². The summed E-state index contributed by atoms with van der Waals surface area (Å²) < 4.78 is 2.99. The molecule has 0 N–H and O–H groups in total. The van der Waals surface area contributed by atoms with Crippen molar-refractivity contribution < 1.29 is 0 Å². The number of halogens is 1. The lowest BCUT2D eigenvalue weighted by atomic mass is 10.3. The van der Waals surface area contributed by atoms with Gasteiger partial charge in [0.15, 0.2) is 5.44 Å². The lowest BCUT2D eigenvalue weighted by molar-refractivity contribution is 0.804. The lowest BCUT2D eigenvalue weighted by Crippen LogP contribution is -2.16. The van der Waals surface area contributed by atoms with Gasteiger partial charge in [-0.25, -0.2) is 4.68 Å². The van der Waals surface area contributed by atoms with Crippen molar-refractivity contribution in [3.8, 4) is 5.69 Å². The summed E-state index contributed by atoms with van der Waals surface area (Å²) in [4.78, 5) is 0. The van der Waals surface area contributed by atoms with Crippen LogP contribution in [0.1, 0.15) is 13.8 Å². The quantitative estimate of drug-likeness (QED) is 0.636. The van der Waals surface area contributed by atoms with Crippen LogP contribution in [0.4, 0.5) is 0 Å². The van der Waals surface area contributed by atoms with E-state index in [1.54, 1.807) is 0 Å². The molecule has 0 saturated heterocycles. The highest BCUT2D eigenvalue weighted by Gasteiger charge is 2.26. The summed E-state index contributed by atoms with van der Waals surface area (Å²) in [7, 11) is -0.532. The first-order valence-corrected chi connectivity index (χ1v) is 8.18. The molecule has 0 atom stereocenters. The second-order valence-corrected chi connectivity index (χ2v) is 7.39. The summed E-state index contributed by atoms with van der Waals surface area (Å²) >= 11 is 3.45. The van der Waals surface area contributed by atoms with Crippen molar-refractivity contribution >= 4 is 36.1 Å². The van der Waals surface area contributed by atoms with Crippen LogP contribution in [0.15, 0.2) is 34.9 Å². The molecule has 18 heavy (non-hydrogen) atoms. The minimum Gasteiger partial charge on any atom is -0.217 e. The first kappa shape index (κ1) is 13.8. The smallest absolute Gasteiger partial charge is 0.177 e. The van der Waals surface area contributed by atoms with Gasteiger partial charge in [0.2, 0.25) is 0 Å². The topological polar surface area (TPSA) is 30.7 Å². The van der Waals surface area contributed by atoms with Crippen LogP contribution in [0.25, 0.3) is 5.69 Å². The van der Waals surface area contributed by atoms with E-state index in [4.69, 9.17) is 0 Å². The summed E-state index contributed by atoms with van der Waals surface area (Å²) in [6, 6.07) is 8.18. The molecule has 0 bridgehead atoms. The van der Waals surface area contributed by atoms with Crippen LogP contribution in [-0.4, -0.2) is 34.9 Å². The van der Waals surface area contributed by atoms with E-state index >= 15 is 0 Å². The van der Waals surface area contributed by atoms with Crippen molar-refractivity contribution in [2.24, 2.45) is 0 Å². The Morgan fingerprint density at radius 3 is 2.39 bits per heavy atom. The van der Waals surface area contributed by atoms with Gasteiger partial charge in [-0.2, -0.15) is 0 Å². The molecule has 0 fully saturated rings. The Hall–Kier alpha value is -0.665. The minimum absolute atomic E-state index is 0.315. The molecule has 3 nitrogen and oxygen atoms in total. The van der Waals surface area contributed by atoms with Crippen LogP contribution in [-0.2, 0) is 0 Å². The molecule has 0 amide bonds. The molecule has 6 heteroatoms. The maximum atomic E-state index is 4.44. The Labute approximate surface area is 118 Å². The molecule has 1 aromatic heterocycles. The summed E-state index contributed by atoms with van der Waals surface area (Å²) in [6.45, 7) is 4.62. The third-order valence-electron chi connectivity index (χ3n) is 2.66. The predicted molar refractivity (Wildman–Crippen MR) is 86.6 cm³/mol. The van der Waals surface area contributed by atoms with Crippen molar-refractivity contribution in [2.45, 2.75) is 13.8 Å². The third-order valence-corrected chi connectivity index (χ3v) is 5.57. The maximum absolute atomic E-state index is 4.44. The normalized spacial score (nSPS) is 11.8. The van der Waals surface area contributed by atoms with Crippen molar-refractivity contribution in [3.05, 3.63) is 34.9 Å². The van der Waals surface area contributed by atoms with Crippen LogP contribution in [0.3, 0.4) is 0 Å². The van der Waals surface area contributed by atoms with Gasteiger partial charge in [0.1, 0.15) is 7.57 Å². The molecule has 0 aliphatic heterocycles. The van der Waals surface area contributed by atoms with Gasteiger partial charge in [0.25, 0.3) is 0 Å². The molecular weight excluding hydrogens is 308 g/mol. The lowest BCUT2D eigenvalue weighted by Gasteiger charge is -2.22. The Morgan fingerprint density at radius 2 is 1.83 bits per heavy atom. The summed E-state index contributed by atoms with van der Waals surface area (Å²) in [5.41, 5.74) is 2.37. The zero-order valence-corrected chi connectivity index (χ0v) is 12.4. The number of aromatic nitrogens is 3. The van der Waals surface area contributed by atoms with Gasteiger partial charge < -0.3 is 0 Å². The monoisotopic (exact) mass is 325 g/mol. The van der Waals surface area contributed by atoms with Gasteiger partial charge in [-0.05, 0) is 38.1 Å². The van der Waals surface area contributed by atoms with Crippen molar-refractivity contribution in [1.29, 1.82) is 0 Å². The van der Waals surface area contributed by atoms with Crippen molar-refractivity contribution in [1.82, 2.24) is 15.0 Å². The SMILES string of the molecule is [BH3-][P+](CC)(CC)c1cn(-c2ccc(Br)cc2)nn1. The van der Waals surface area contributed by atoms with Gasteiger partial charge in [0, 0.05) is 16.8 Å². The molecular formula is C12H18BBrN3P. The molecule has 1 heterocycles. The van der Waals surface area contributed by atoms with E-state index in [9.17, 15) is 0 Å². The van der Waals surface area contributed by atoms with Crippen LogP contribution in [0, 0.1) is 0 Å². The Bertz CT molecular complexity index is 522. The van der Waals surface area contributed by atoms with Crippen LogP contribution >= 0.6 is 23.1 Å². The van der Waals surface area contributed by atoms with Gasteiger partial charge in [-0.1, -0.05) is 26.2 Å². The highest BCUT2D eigenvalue weighted by atomic mass is 79.9. The van der Waals surface area contributed by atoms with Crippen LogP contribution in [0.5, 0.6) is 0 Å². The van der Waals surface area contributed by atoms with Gasteiger partial charge >= 0.3 is 0 Å². The first-order valence-electron chi connectivity index (χ1n) is 5.67. The highest BCUT2D eigenvalue weighted by Crippen LogP contribution is 2.50. The standard InChI is InChI=1S/C12H18BBrN3P/c1-3-18(13,4-2)12-9-17(16-15-12)11-7-5-10(14)6-8-11/h5-9H,3-4H2,1-2,13H3. The molecule has 0 saturated carbocycles. The maximum Gasteiger partial charge on any atom is 0.177 e. The zero-order chi connectivity index (χ0) is 13.2. The van der Waals surface area contributed by atoms with Gasteiger partial charge in [0.05, 0.1) is 11.9 Å². The number of rotatable bonds is 4. The van der Waals surface area contributed by atoms with E-state index in [-0.39, 0.29) is 0 Å². The van der Waals surface area contributed by atoms with E-state index in [2.05, 4.69) is 58.4 Å². The van der Waals surface area contributed by atoms with E-state index in [0.29, 0.717) is 7.57 Å². The number of hydrogen-bond donors (Lipinski definition) is 0. The zero-order valence-electron chi connectivity index (χ0n) is 9.97. The van der Waals surface area contributed by atoms with Crippen molar-refractivity contribution in [3.63, 3.8) is 0 Å². The largest absolute Gasteiger partial charge is 0.217 e. The average molecular weight is 326 g/mol. The fourth-order valence-corrected chi connectivity index (χ4v) is 3.47. The first-order chi connectivity index (χ1) is 8.59. The van der Waals surface area contributed by atoms with Crippen LogP contribution < -0.4 is 5.44 Å². The Balaban J connectivity index is 2.33. The highest BCUT2D eigenvalue weighted by molar-refractivity contribution is 9.10. The number of hydrogen-bond acceptors (Lipinski definition) is 2. The fraction of sp³-hybridized carbons (Fsp3) is 0.333. The predicted octanol–water partition coefficient (Wildman–Crippen LogP) is 1.99.